The minimum atomic E-state index is -4.74. The van der Waals surface area contributed by atoms with Gasteiger partial charge in [-0.15, -0.1) is 5.10 Å². The molecule has 9 heteroatoms. The molecule has 1 N–H and O–H groups in total. The molecule has 0 atom stereocenters. The number of hydrogen-bond donors (Lipinski definition) is 1. The second kappa shape index (κ2) is 6.91. The largest absolute Gasteiger partial charge is 0.419 e. The number of benzene rings is 1. The maximum Gasteiger partial charge on any atom is 0.419 e. The third-order valence-electron chi connectivity index (χ3n) is 4.18. The molecule has 0 aliphatic carbocycles. The minimum absolute atomic E-state index is 0.100. The van der Waals surface area contributed by atoms with Gasteiger partial charge in [0.05, 0.1) is 17.5 Å². The number of alkyl halides is 3. The van der Waals surface area contributed by atoms with Crippen molar-refractivity contribution in [3.8, 4) is 11.3 Å². The number of fused-ring (bicyclic) bond motifs is 1. The molecule has 4 aromatic rings. The molecular formula is C19H13F4N5. The predicted octanol–water partition coefficient (Wildman–Crippen LogP) is 4.56. The molecule has 0 radical (unpaired) electrons. The molecule has 0 bridgehead atoms. The maximum absolute atomic E-state index is 14.2. The van der Waals surface area contributed by atoms with Crippen LogP contribution in [-0.2, 0) is 12.7 Å². The van der Waals surface area contributed by atoms with E-state index in [0.29, 0.717) is 11.5 Å². The highest BCUT2D eigenvalue weighted by atomic mass is 19.4. The van der Waals surface area contributed by atoms with Crippen molar-refractivity contribution in [3.05, 3.63) is 78.0 Å². The number of nitrogens with one attached hydrogen (secondary N) is 1. The van der Waals surface area contributed by atoms with Crippen LogP contribution in [0.2, 0.25) is 0 Å². The average molecular weight is 387 g/mol. The third kappa shape index (κ3) is 3.38. The fraction of sp³-hybridized carbons (Fsp3) is 0.105. The Balaban J connectivity index is 1.61. The first kappa shape index (κ1) is 17.9. The lowest BCUT2D eigenvalue weighted by Gasteiger charge is -2.12. The van der Waals surface area contributed by atoms with E-state index in [1.807, 2.05) is 12.1 Å². The monoisotopic (exact) mass is 387 g/mol. The average Bonchev–Trinajstić information content (AvgIpc) is 3.10. The fourth-order valence-corrected chi connectivity index (χ4v) is 2.81. The van der Waals surface area contributed by atoms with Crippen LogP contribution in [-0.4, -0.2) is 19.6 Å². The first-order valence-electron chi connectivity index (χ1n) is 8.27. The summed E-state index contributed by atoms with van der Waals surface area (Å²) >= 11 is 0. The lowest BCUT2D eigenvalue weighted by Crippen LogP contribution is -2.12. The molecule has 0 saturated carbocycles. The summed E-state index contributed by atoms with van der Waals surface area (Å²) in [6.07, 6.45) is 0.210. The van der Waals surface area contributed by atoms with Crippen molar-refractivity contribution in [1.29, 1.82) is 0 Å². The van der Waals surface area contributed by atoms with Gasteiger partial charge in [-0.1, -0.05) is 12.1 Å². The van der Waals surface area contributed by atoms with Crippen LogP contribution < -0.4 is 5.32 Å². The van der Waals surface area contributed by atoms with Crippen LogP contribution in [0, 0.1) is 5.82 Å². The summed E-state index contributed by atoms with van der Waals surface area (Å²) in [6, 6.07) is 10.2. The van der Waals surface area contributed by atoms with Crippen LogP contribution in [0.4, 0.5) is 23.4 Å². The Hall–Kier alpha value is -3.49. The van der Waals surface area contributed by atoms with E-state index in [0.717, 1.165) is 17.3 Å². The SMILES string of the molecule is Fc1c(CNc2ccc3ncc(-c4ccncc4)n3n2)cccc1C(F)(F)F. The van der Waals surface area contributed by atoms with E-state index >= 15 is 0 Å². The van der Waals surface area contributed by atoms with Crippen LogP contribution in [0.15, 0.2) is 61.1 Å². The van der Waals surface area contributed by atoms with Gasteiger partial charge in [0, 0.05) is 30.1 Å². The molecule has 4 rings (SSSR count). The van der Waals surface area contributed by atoms with Gasteiger partial charge in [-0.25, -0.2) is 13.9 Å². The molecule has 0 spiro atoms. The molecule has 3 aromatic heterocycles. The summed E-state index contributed by atoms with van der Waals surface area (Å²) in [6.45, 7) is -0.145. The Labute approximate surface area is 156 Å². The number of pyridine rings is 1. The van der Waals surface area contributed by atoms with E-state index < -0.39 is 17.6 Å². The van der Waals surface area contributed by atoms with Crippen LogP contribution in [0.1, 0.15) is 11.1 Å². The van der Waals surface area contributed by atoms with Crippen molar-refractivity contribution in [2.45, 2.75) is 12.7 Å². The number of aromatic nitrogens is 4. The minimum Gasteiger partial charge on any atom is -0.364 e. The van der Waals surface area contributed by atoms with Crippen molar-refractivity contribution in [1.82, 2.24) is 19.6 Å². The van der Waals surface area contributed by atoms with E-state index in [4.69, 9.17) is 0 Å². The molecular weight excluding hydrogens is 374 g/mol. The Morgan fingerprint density at radius 3 is 2.54 bits per heavy atom. The molecule has 0 saturated heterocycles. The molecule has 3 heterocycles. The van der Waals surface area contributed by atoms with Crippen molar-refractivity contribution in [2.24, 2.45) is 0 Å². The predicted molar refractivity (Wildman–Crippen MR) is 94.9 cm³/mol. The maximum atomic E-state index is 14.2. The molecule has 0 aliphatic heterocycles. The van der Waals surface area contributed by atoms with Crippen LogP contribution in [0.25, 0.3) is 16.9 Å². The smallest absolute Gasteiger partial charge is 0.364 e. The van der Waals surface area contributed by atoms with Gasteiger partial charge in [0.15, 0.2) is 5.65 Å². The van der Waals surface area contributed by atoms with Crippen molar-refractivity contribution in [2.75, 3.05) is 5.32 Å². The number of rotatable bonds is 4. The molecule has 0 amide bonds. The zero-order chi connectivity index (χ0) is 19.7. The summed E-state index contributed by atoms with van der Waals surface area (Å²) in [5.41, 5.74) is 0.798. The van der Waals surface area contributed by atoms with Crippen LogP contribution in [0.3, 0.4) is 0 Å². The fourth-order valence-electron chi connectivity index (χ4n) is 2.81. The molecule has 0 fully saturated rings. The number of halogens is 4. The Morgan fingerprint density at radius 1 is 1.00 bits per heavy atom. The summed E-state index contributed by atoms with van der Waals surface area (Å²) < 4.78 is 54.3. The van der Waals surface area contributed by atoms with Gasteiger partial charge >= 0.3 is 6.18 Å². The highest BCUT2D eigenvalue weighted by molar-refractivity contribution is 5.63. The van der Waals surface area contributed by atoms with Crippen molar-refractivity contribution < 1.29 is 17.6 Å². The molecule has 1 aromatic carbocycles. The van der Waals surface area contributed by atoms with Crippen molar-refractivity contribution >= 4 is 11.5 Å². The molecule has 28 heavy (non-hydrogen) atoms. The summed E-state index contributed by atoms with van der Waals surface area (Å²) in [5.74, 6) is -0.915. The third-order valence-corrected chi connectivity index (χ3v) is 4.18. The molecule has 0 aliphatic rings. The van der Waals surface area contributed by atoms with Gasteiger partial charge in [-0.05, 0) is 30.3 Å². The lowest BCUT2D eigenvalue weighted by molar-refractivity contribution is -0.140. The van der Waals surface area contributed by atoms with Gasteiger partial charge < -0.3 is 5.32 Å². The van der Waals surface area contributed by atoms with Gasteiger partial charge in [-0.2, -0.15) is 13.2 Å². The van der Waals surface area contributed by atoms with Crippen LogP contribution in [0.5, 0.6) is 0 Å². The van der Waals surface area contributed by atoms with E-state index in [1.54, 1.807) is 35.2 Å². The van der Waals surface area contributed by atoms with Gasteiger partial charge in [-0.3, -0.25) is 4.98 Å². The normalized spacial score (nSPS) is 11.7. The molecule has 5 nitrogen and oxygen atoms in total. The van der Waals surface area contributed by atoms with Gasteiger partial charge in [0.1, 0.15) is 11.6 Å². The van der Waals surface area contributed by atoms with Gasteiger partial charge in [0.2, 0.25) is 0 Å². The number of hydrogen-bond acceptors (Lipinski definition) is 4. The zero-order valence-electron chi connectivity index (χ0n) is 14.3. The Morgan fingerprint density at radius 2 is 1.79 bits per heavy atom. The van der Waals surface area contributed by atoms with E-state index in [-0.39, 0.29) is 12.1 Å². The summed E-state index contributed by atoms with van der Waals surface area (Å²) in [7, 11) is 0. The Bertz CT molecular complexity index is 1120. The number of nitrogens with zero attached hydrogens (tertiary/aromatic N) is 4. The van der Waals surface area contributed by atoms with Gasteiger partial charge in [0.25, 0.3) is 0 Å². The number of imidazole rings is 1. The highest BCUT2D eigenvalue weighted by Gasteiger charge is 2.34. The van der Waals surface area contributed by atoms with Crippen LogP contribution >= 0.6 is 0 Å². The molecule has 142 valence electrons. The van der Waals surface area contributed by atoms with E-state index in [1.165, 1.54) is 12.1 Å². The van der Waals surface area contributed by atoms with Crippen molar-refractivity contribution in [3.63, 3.8) is 0 Å². The summed E-state index contributed by atoms with van der Waals surface area (Å²) in [4.78, 5) is 8.24. The standard InChI is InChI=1S/C19H13F4N5/c20-18-13(2-1-3-14(18)19(21,22)23)10-25-16-4-5-17-26-11-15(28(17)27-16)12-6-8-24-9-7-12/h1-9,11H,10H2,(H,25,27). The van der Waals surface area contributed by atoms with E-state index in [2.05, 4.69) is 20.4 Å². The topological polar surface area (TPSA) is 55.1 Å². The molecule has 0 unspecified atom stereocenters. The first-order chi connectivity index (χ1) is 13.4. The highest BCUT2D eigenvalue weighted by Crippen LogP contribution is 2.32. The zero-order valence-corrected chi connectivity index (χ0v) is 14.3. The number of anilines is 1. The lowest BCUT2D eigenvalue weighted by atomic mass is 10.1. The summed E-state index contributed by atoms with van der Waals surface area (Å²) in [5, 5.41) is 7.27. The van der Waals surface area contributed by atoms with E-state index in [9.17, 15) is 17.6 Å². The first-order valence-corrected chi connectivity index (χ1v) is 8.27. The quantitative estimate of drug-likeness (QED) is 0.522. The second-order valence-corrected chi connectivity index (χ2v) is 6.00. The Kier molecular flexibility index (Phi) is 4.42. The second-order valence-electron chi connectivity index (χ2n) is 6.00.